The van der Waals surface area contributed by atoms with Crippen LogP contribution in [-0.4, -0.2) is 4.98 Å². The number of pyridine rings is 1. The summed E-state index contributed by atoms with van der Waals surface area (Å²) in [6.07, 6.45) is -4.74. The molecule has 7 heteroatoms. The van der Waals surface area contributed by atoms with Crippen LogP contribution in [0.1, 0.15) is 11.3 Å². The molecule has 1 aromatic carbocycles. The quantitative estimate of drug-likeness (QED) is 0.823. The van der Waals surface area contributed by atoms with Crippen LogP contribution in [-0.2, 0) is 6.18 Å². The topological polar surface area (TPSA) is 50.9 Å². The van der Waals surface area contributed by atoms with Gasteiger partial charge in [-0.25, -0.2) is 9.37 Å². The predicted molar refractivity (Wildman–Crippen MR) is 68.1 cm³/mol. The van der Waals surface area contributed by atoms with Gasteiger partial charge in [-0.1, -0.05) is 0 Å². The second kappa shape index (κ2) is 4.99. The first-order valence-electron chi connectivity index (χ1n) is 5.64. The molecular weight excluding hydrogens is 274 g/mol. The van der Waals surface area contributed by atoms with Gasteiger partial charge in [0.2, 0.25) is 0 Å². The van der Waals surface area contributed by atoms with Crippen LogP contribution in [0.4, 0.5) is 34.8 Å². The molecule has 0 saturated heterocycles. The molecule has 0 amide bonds. The van der Waals surface area contributed by atoms with Crippen molar-refractivity contribution in [3.05, 3.63) is 47.4 Å². The summed E-state index contributed by atoms with van der Waals surface area (Å²) >= 11 is 0. The van der Waals surface area contributed by atoms with E-state index in [9.17, 15) is 17.6 Å². The number of nitrogens with one attached hydrogen (secondary N) is 1. The van der Waals surface area contributed by atoms with E-state index >= 15 is 0 Å². The number of halogens is 4. The molecule has 106 valence electrons. The number of benzene rings is 1. The molecule has 0 unspecified atom stereocenters. The fourth-order valence-electron chi connectivity index (χ4n) is 1.61. The number of aromatic nitrogens is 1. The maximum atomic E-state index is 13.1. The molecule has 20 heavy (non-hydrogen) atoms. The van der Waals surface area contributed by atoms with Crippen LogP contribution in [0.3, 0.4) is 0 Å². The van der Waals surface area contributed by atoms with Gasteiger partial charge in [-0.05, 0) is 37.3 Å². The number of nitrogen functional groups attached to an aromatic ring is 1. The third-order valence-corrected chi connectivity index (χ3v) is 2.67. The van der Waals surface area contributed by atoms with Crippen LogP contribution >= 0.6 is 0 Å². The monoisotopic (exact) mass is 285 g/mol. The zero-order valence-electron chi connectivity index (χ0n) is 10.4. The van der Waals surface area contributed by atoms with Crippen molar-refractivity contribution in [1.29, 1.82) is 0 Å². The van der Waals surface area contributed by atoms with Gasteiger partial charge < -0.3 is 11.1 Å². The molecule has 0 aliphatic heterocycles. The smallest absolute Gasteiger partial charge is 0.397 e. The van der Waals surface area contributed by atoms with Crippen molar-refractivity contribution in [2.75, 3.05) is 11.1 Å². The fraction of sp³-hybridized carbons (Fsp3) is 0.154. The maximum absolute atomic E-state index is 13.1. The van der Waals surface area contributed by atoms with Crippen molar-refractivity contribution in [3.63, 3.8) is 0 Å². The number of aryl methyl sites for hydroxylation is 1. The van der Waals surface area contributed by atoms with Gasteiger partial charge in [-0.15, -0.1) is 0 Å². The van der Waals surface area contributed by atoms with Gasteiger partial charge in [0.25, 0.3) is 0 Å². The molecular formula is C13H11F4N3. The largest absolute Gasteiger partial charge is 0.419 e. The molecule has 1 heterocycles. The summed E-state index contributed by atoms with van der Waals surface area (Å²) in [6, 6.07) is 5.77. The highest BCUT2D eigenvalue weighted by molar-refractivity contribution is 5.59. The first-order valence-corrected chi connectivity index (χ1v) is 5.64. The lowest BCUT2D eigenvalue weighted by atomic mass is 10.2. The summed E-state index contributed by atoms with van der Waals surface area (Å²) in [5.41, 5.74) is 5.39. The molecule has 3 N–H and O–H groups in total. The van der Waals surface area contributed by atoms with Crippen LogP contribution in [0.25, 0.3) is 0 Å². The number of hydrogen-bond acceptors (Lipinski definition) is 3. The predicted octanol–water partition coefficient (Wildman–Crippen LogP) is 3.87. The van der Waals surface area contributed by atoms with Gasteiger partial charge >= 0.3 is 6.18 Å². The third-order valence-electron chi connectivity index (χ3n) is 2.67. The molecule has 1 aromatic heterocycles. The van der Waals surface area contributed by atoms with Crippen LogP contribution in [0.15, 0.2) is 30.3 Å². The molecule has 0 atom stereocenters. The van der Waals surface area contributed by atoms with E-state index in [0.717, 1.165) is 6.07 Å². The maximum Gasteiger partial charge on any atom is 0.419 e. The van der Waals surface area contributed by atoms with Crippen molar-refractivity contribution in [2.45, 2.75) is 13.1 Å². The van der Waals surface area contributed by atoms with Crippen LogP contribution < -0.4 is 11.1 Å². The second-order valence-electron chi connectivity index (χ2n) is 4.19. The summed E-state index contributed by atoms with van der Waals surface area (Å²) in [4.78, 5) is 4.07. The summed E-state index contributed by atoms with van der Waals surface area (Å²) in [5, 5.41) is 2.68. The lowest BCUT2D eigenvalue weighted by Gasteiger charge is -2.12. The average Bonchev–Trinajstić information content (AvgIpc) is 2.35. The number of anilines is 3. The number of nitrogens with two attached hydrogens (primary N) is 1. The Hall–Kier alpha value is -2.31. The highest BCUT2D eigenvalue weighted by Gasteiger charge is 2.34. The van der Waals surface area contributed by atoms with E-state index in [1.807, 2.05) is 0 Å². The van der Waals surface area contributed by atoms with Crippen LogP contribution in [0.2, 0.25) is 0 Å². The van der Waals surface area contributed by atoms with E-state index in [-0.39, 0.29) is 5.69 Å². The minimum atomic E-state index is -4.74. The molecule has 2 rings (SSSR count). The van der Waals surface area contributed by atoms with E-state index < -0.39 is 17.6 Å². The number of nitrogens with zero attached hydrogens (tertiary/aromatic N) is 1. The third kappa shape index (κ3) is 2.98. The van der Waals surface area contributed by atoms with Crippen molar-refractivity contribution in [3.8, 4) is 0 Å². The van der Waals surface area contributed by atoms with Gasteiger partial charge in [0.05, 0.1) is 16.9 Å². The van der Waals surface area contributed by atoms with Gasteiger partial charge in [0.15, 0.2) is 0 Å². The minimum absolute atomic E-state index is 0.0930. The zero-order chi connectivity index (χ0) is 14.9. The summed E-state index contributed by atoms with van der Waals surface area (Å²) in [7, 11) is 0. The zero-order valence-corrected chi connectivity index (χ0v) is 10.4. The van der Waals surface area contributed by atoms with Crippen LogP contribution in [0, 0.1) is 12.7 Å². The molecule has 0 aliphatic carbocycles. The van der Waals surface area contributed by atoms with Crippen molar-refractivity contribution >= 4 is 17.2 Å². The minimum Gasteiger partial charge on any atom is -0.397 e. The summed E-state index contributed by atoms with van der Waals surface area (Å²) in [6.45, 7) is 1.67. The number of alkyl halides is 3. The lowest BCUT2D eigenvalue weighted by molar-refractivity contribution is -0.139. The van der Waals surface area contributed by atoms with Crippen molar-refractivity contribution in [1.82, 2.24) is 4.98 Å². The Kier molecular flexibility index (Phi) is 3.52. The SMILES string of the molecule is Cc1nc(Nc2ccc(F)c(C(F)(F)F)c2)ccc1N. The highest BCUT2D eigenvalue weighted by Crippen LogP contribution is 2.33. The van der Waals surface area contributed by atoms with E-state index in [1.54, 1.807) is 13.0 Å². The molecule has 0 bridgehead atoms. The van der Waals surface area contributed by atoms with E-state index in [1.165, 1.54) is 12.1 Å². The van der Waals surface area contributed by atoms with Gasteiger partial charge in [-0.3, -0.25) is 0 Å². The number of rotatable bonds is 2. The fourth-order valence-corrected chi connectivity index (χ4v) is 1.61. The first-order chi connectivity index (χ1) is 9.27. The summed E-state index contributed by atoms with van der Waals surface area (Å²) in [5.74, 6) is -0.985. The molecule has 0 saturated carbocycles. The highest BCUT2D eigenvalue weighted by atomic mass is 19.4. The molecule has 0 fully saturated rings. The molecule has 0 radical (unpaired) electrons. The Morgan fingerprint density at radius 1 is 1.15 bits per heavy atom. The normalized spacial score (nSPS) is 11.4. The number of hydrogen-bond donors (Lipinski definition) is 2. The lowest BCUT2D eigenvalue weighted by Crippen LogP contribution is -2.09. The van der Waals surface area contributed by atoms with Gasteiger partial charge in [-0.2, -0.15) is 13.2 Å². The first kappa shape index (κ1) is 14.1. The average molecular weight is 285 g/mol. The standard InChI is InChI=1S/C13H11F4N3/c1-7-11(18)4-5-12(19-7)20-8-2-3-10(14)9(6-8)13(15,16)17/h2-6H,18H2,1H3,(H,19,20). The Balaban J connectivity index is 2.32. The molecule has 0 spiro atoms. The van der Waals surface area contributed by atoms with Crippen molar-refractivity contribution in [2.24, 2.45) is 0 Å². The Bertz CT molecular complexity index is 638. The van der Waals surface area contributed by atoms with Gasteiger partial charge in [0.1, 0.15) is 11.6 Å². The van der Waals surface area contributed by atoms with E-state index in [0.29, 0.717) is 23.3 Å². The Morgan fingerprint density at radius 2 is 1.85 bits per heavy atom. The summed E-state index contributed by atoms with van der Waals surface area (Å²) < 4.78 is 50.9. The van der Waals surface area contributed by atoms with E-state index in [2.05, 4.69) is 10.3 Å². The molecule has 2 aromatic rings. The van der Waals surface area contributed by atoms with E-state index in [4.69, 9.17) is 5.73 Å². The Labute approximate surface area is 112 Å². The van der Waals surface area contributed by atoms with Crippen molar-refractivity contribution < 1.29 is 17.6 Å². The van der Waals surface area contributed by atoms with Gasteiger partial charge in [0, 0.05) is 5.69 Å². The molecule has 0 aliphatic rings. The Morgan fingerprint density at radius 3 is 2.45 bits per heavy atom. The van der Waals surface area contributed by atoms with Crippen LogP contribution in [0.5, 0.6) is 0 Å². The second-order valence-corrected chi connectivity index (χ2v) is 4.19. The molecule has 3 nitrogen and oxygen atoms in total.